The Balaban J connectivity index is 1.88. The normalized spacial score (nSPS) is 22.9. The zero-order valence-corrected chi connectivity index (χ0v) is 11.0. The lowest BCUT2D eigenvalue weighted by atomic mass is 9.88. The molecule has 0 aliphatic heterocycles. The van der Waals surface area contributed by atoms with Gasteiger partial charge in [0.05, 0.1) is 12.2 Å². The van der Waals surface area contributed by atoms with Crippen molar-refractivity contribution in [3.8, 4) is 6.07 Å². The van der Waals surface area contributed by atoms with E-state index < -0.39 is 5.92 Å². The van der Waals surface area contributed by atoms with Crippen LogP contribution < -0.4 is 5.32 Å². The summed E-state index contributed by atoms with van der Waals surface area (Å²) in [4.78, 5) is 12.1. The first-order chi connectivity index (χ1) is 9.24. The highest BCUT2D eigenvalue weighted by atomic mass is 16.5. The summed E-state index contributed by atoms with van der Waals surface area (Å²) in [5, 5.41) is 12.1. The van der Waals surface area contributed by atoms with Crippen molar-refractivity contribution < 1.29 is 9.53 Å². The fourth-order valence-corrected chi connectivity index (χ4v) is 2.27. The van der Waals surface area contributed by atoms with E-state index in [4.69, 9.17) is 10.00 Å². The van der Waals surface area contributed by atoms with Crippen molar-refractivity contribution in [2.45, 2.75) is 37.8 Å². The molecule has 1 N–H and O–H groups in total. The monoisotopic (exact) mass is 258 g/mol. The molecule has 1 aromatic rings. The van der Waals surface area contributed by atoms with Crippen LogP contribution in [-0.2, 0) is 9.53 Å². The Bertz CT molecular complexity index is 461. The number of nitrogens with one attached hydrogen (secondary N) is 1. The van der Waals surface area contributed by atoms with E-state index in [0.29, 0.717) is 6.61 Å². The van der Waals surface area contributed by atoms with Crippen LogP contribution in [0.4, 0.5) is 0 Å². The molecule has 0 spiro atoms. The van der Waals surface area contributed by atoms with Gasteiger partial charge in [-0.05, 0) is 25.3 Å². The smallest absolute Gasteiger partial charge is 0.242 e. The third-order valence-corrected chi connectivity index (χ3v) is 3.37. The summed E-state index contributed by atoms with van der Waals surface area (Å²) in [5.41, 5.74) is 0.739. The number of nitrogens with zero attached hydrogens (tertiary/aromatic N) is 1. The standard InChI is InChI=1S/C15H18N2O2/c1-2-19-13-8-12(9-13)17-15(18)14(10-16)11-6-4-3-5-7-11/h3-7,12-14H,2,8-9H2,1H3,(H,17,18). The van der Waals surface area contributed by atoms with Gasteiger partial charge >= 0.3 is 0 Å². The Morgan fingerprint density at radius 1 is 1.47 bits per heavy atom. The van der Waals surface area contributed by atoms with E-state index in [1.165, 1.54) is 0 Å². The lowest BCUT2D eigenvalue weighted by Gasteiger charge is -2.35. The maximum Gasteiger partial charge on any atom is 0.242 e. The van der Waals surface area contributed by atoms with E-state index in [1.54, 1.807) is 12.1 Å². The van der Waals surface area contributed by atoms with Crippen LogP contribution >= 0.6 is 0 Å². The third-order valence-electron chi connectivity index (χ3n) is 3.37. The average Bonchev–Trinajstić information content (AvgIpc) is 2.38. The number of hydrogen-bond donors (Lipinski definition) is 1. The topological polar surface area (TPSA) is 62.1 Å². The minimum atomic E-state index is -0.729. The maximum atomic E-state index is 12.1. The summed E-state index contributed by atoms with van der Waals surface area (Å²) in [6.45, 7) is 2.67. The summed E-state index contributed by atoms with van der Waals surface area (Å²) < 4.78 is 5.44. The van der Waals surface area contributed by atoms with Crippen molar-refractivity contribution in [3.05, 3.63) is 35.9 Å². The Morgan fingerprint density at radius 2 is 2.16 bits per heavy atom. The molecule has 2 rings (SSSR count). The first kappa shape index (κ1) is 13.6. The Labute approximate surface area is 113 Å². The number of hydrogen-bond acceptors (Lipinski definition) is 3. The van der Waals surface area contributed by atoms with Crippen molar-refractivity contribution in [3.63, 3.8) is 0 Å². The minimum absolute atomic E-state index is 0.142. The maximum absolute atomic E-state index is 12.1. The predicted molar refractivity (Wildman–Crippen MR) is 71.4 cm³/mol. The molecular weight excluding hydrogens is 240 g/mol. The van der Waals surface area contributed by atoms with Gasteiger partial charge in [0.1, 0.15) is 5.92 Å². The second-order valence-corrected chi connectivity index (χ2v) is 4.73. The van der Waals surface area contributed by atoms with Crippen LogP contribution in [0, 0.1) is 11.3 Å². The van der Waals surface area contributed by atoms with Gasteiger partial charge in [0, 0.05) is 12.6 Å². The fraction of sp³-hybridized carbons (Fsp3) is 0.467. The second kappa shape index (κ2) is 6.35. The van der Waals surface area contributed by atoms with Crippen LogP contribution in [0.5, 0.6) is 0 Å². The number of nitriles is 1. The van der Waals surface area contributed by atoms with Crippen molar-refractivity contribution in [1.82, 2.24) is 5.32 Å². The van der Waals surface area contributed by atoms with Crippen LogP contribution in [0.3, 0.4) is 0 Å². The number of ether oxygens (including phenoxy) is 1. The molecule has 1 aromatic carbocycles. The van der Waals surface area contributed by atoms with E-state index >= 15 is 0 Å². The Hall–Kier alpha value is -1.86. The molecule has 0 heterocycles. The predicted octanol–water partition coefficient (Wildman–Crippen LogP) is 1.98. The quantitative estimate of drug-likeness (QED) is 0.878. The van der Waals surface area contributed by atoms with Crippen molar-refractivity contribution in [2.24, 2.45) is 0 Å². The number of carbonyl (C=O) groups excluding carboxylic acids is 1. The molecular formula is C15H18N2O2. The Morgan fingerprint density at radius 3 is 2.74 bits per heavy atom. The highest BCUT2D eigenvalue weighted by molar-refractivity contribution is 5.86. The van der Waals surface area contributed by atoms with Gasteiger partial charge in [-0.2, -0.15) is 5.26 Å². The molecule has 4 heteroatoms. The first-order valence-corrected chi connectivity index (χ1v) is 6.61. The lowest BCUT2D eigenvalue weighted by Crippen LogP contribution is -2.49. The van der Waals surface area contributed by atoms with Crippen molar-refractivity contribution in [2.75, 3.05) is 6.61 Å². The molecule has 0 aromatic heterocycles. The minimum Gasteiger partial charge on any atom is -0.378 e. The average molecular weight is 258 g/mol. The zero-order valence-electron chi connectivity index (χ0n) is 11.0. The molecule has 100 valence electrons. The number of amides is 1. The summed E-state index contributed by atoms with van der Waals surface area (Å²) in [7, 11) is 0. The summed E-state index contributed by atoms with van der Waals surface area (Å²) >= 11 is 0. The van der Waals surface area contributed by atoms with Crippen molar-refractivity contribution >= 4 is 5.91 Å². The van der Waals surface area contributed by atoms with Crippen LogP contribution in [0.1, 0.15) is 31.2 Å². The van der Waals surface area contributed by atoms with Crippen LogP contribution in [0.25, 0.3) is 0 Å². The molecule has 1 saturated carbocycles. The van der Waals surface area contributed by atoms with Crippen molar-refractivity contribution in [1.29, 1.82) is 5.26 Å². The SMILES string of the molecule is CCOC1CC(NC(=O)C(C#N)c2ccccc2)C1. The largest absolute Gasteiger partial charge is 0.378 e. The molecule has 1 atom stereocenters. The summed E-state index contributed by atoms with van der Waals surface area (Å²) in [6, 6.07) is 11.4. The van der Waals surface area contributed by atoms with Gasteiger partial charge in [0.25, 0.3) is 0 Å². The van der Waals surface area contributed by atoms with Gasteiger partial charge < -0.3 is 10.1 Å². The second-order valence-electron chi connectivity index (χ2n) is 4.73. The molecule has 1 aliphatic carbocycles. The molecule has 0 bridgehead atoms. The zero-order chi connectivity index (χ0) is 13.7. The van der Waals surface area contributed by atoms with E-state index in [2.05, 4.69) is 11.4 Å². The molecule has 1 fully saturated rings. The van der Waals surface area contributed by atoms with Crippen LogP contribution in [0.2, 0.25) is 0 Å². The molecule has 19 heavy (non-hydrogen) atoms. The van der Waals surface area contributed by atoms with Crippen LogP contribution in [-0.4, -0.2) is 24.7 Å². The molecule has 0 radical (unpaired) electrons. The highest BCUT2D eigenvalue weighted by Crippen LogP contribution is 2.24. The van der Waals surface area contributed by atoms with Gasteiger partial charge in [-0.25, -0.2) is 0 Å². The van der Waals surface area contributed by atoms with E-state index in [1.807, 2.05) is 25.1 Å². The molecule has 1 aliphatic rings. The molecule has 1 unspecified atom stereocenters. The van der Waals surface area contributed by atoms with Gasteiger partial charge in [0.2, 0.25) is 5.91 Å². The van der Waals surface area contributed by atoms with E-state index in [9.17, 15) is 4.79 Å². The first-order valence-electron chi connectivity index (χ1n) is 6.61. The van der Waals surface area contributed by atoms with E-state index in [0.717, 1.165) is 18.4 Å². The molecule has 1 amide bonds. The fourth-order valence-electron chi connectivity index (χ4n) is 2.27. The number of carbonyl (C=O) groups is 1. The summed E-state index contributed by atoms with van der Waals surface area (Å²) in [5.74, 6) is -0.944. The van der Waals surface area contributed by atoms with Gasteiger partial charge in [0.15, 0.2) is 0 Å². The van der Waals surface area contributed by atoms with Gasteiger partial charge in [-0.3, -0.25) is 4.79 Å². The molecule has 0 saturated heterocycles. The van der Waals surface area contributed by atoms with Crippen LogP contribution in [0.15, 0.2) is 30.3 Å². The highest BCUT2D eigenvalue weighted by Gasteiger charge is 2.32. The van der Waals surface area contributed by atoms with Gasteiger partial charge in [-0.1, -0.05) is 30.3 Å². The number of benzene rings is 1. The molecule has 4 nitrogen and oxygen atoms in total. The van der Waals surface area contributed by atoms with Gasteiger partial charge in [-0.15, -0.1) is 0 Å². The summed E-state index contributed by atoms with van der Waals surface area (Å²) in [6.07, 6.45) is 1.94. The third kappa shape index (κ3) is 3.33. The number of rotatable bonds is 5. The lowest BCUT2D eigenvalue weighted by molar-refractivity contribution is -0.124. The Kier molecular flexibility index (Phi) is 4.53. The van der Waals surface area contributed by atoms with E-state index in [-0.39, 0.29) is 18.1 Å².